The van der Waals surface area contributed by atoms with Crippen LogP contribution < -0.4 is 10.1 Å². The minimum absolute atomic E-state index is 0.0657. The number of amides is 1. The van der Waals surface area contributed by atoms with Crippen LogP contribution in [0.1, 0.15) is 16.9 Å². The maximum Gasteiger partial charge on any atom is 0.336 e. The first-order chi connectivity index (χ1) is 15.4. The molecule has 160 valence electrons. The van der Waals surface area contributed by atoms with Gasteiger partial charge < -0.3 is 14.5 Å². The highest BCUT2D eigenvalue weighted by atomic mass is 35.5. The molecule has 1 aromatic heterocycles. The van der Waals surface area contributed by atoms with Crippen molar-refractivity contribution < 1.29 is 18.7 Å². The molecule has 0 aliphatic heterocycles. The normalized spacial score (nSPS) is 11.2. The second kappa shape index (κ2) is 11.0. The molecule has 1 N–H and O–H groups in total. The van der Waals surface area contributed by atoms with Gasteiger partial charge in [-0.25, -0.2) is 4.79 Å². The van der Waals surface area contributed by atoms with Crippen LogP contribution in [0.3, 0.4) is 0 Å². The molecule has 0 radical (unpaired) electrons. The summed E-state index contributed by atoms with van der Waals surface area (Å²) in [7, 11) is 0. The minimum Gasteiger partial charge on any atom is -0.467 e. The van der Waals surface area contributed by atoms with Gasteiger partial charge in [0.1, 0.15) is 23.2 Å². The van der Waals surface area contributed by atoms with E-state index >= 15 is 0 Å². The molecule has 32 heavy (non-hydrogen) atoms. The SMILES string of the molecule is N#C/C(=C\c1ccc(OC(=O)/C=C/c2ccc(Cl)cc2Cl)cc1)C(=O)NCc1ccco1. The van der Waals surface area contributed by atoms with E-state index in [-0.39, 0.29) is 12.1 Å². The molecule has 6 nitrogen and oxygen atoms in total. The summed E-state index contributed by atoms with van der Waals surface area (Å²) in [5.74, 6) is -0.228. The van der Waals surface area contributed by atoms with Crippen molar-refractivity contribution in [3.8, 4) is 11.8 Å². The second-order valence-electron chi connectivity index (χ2n) is 6.42. The fourth-order valence-electron chi connectivity index (χ4n) is 2.57. The van der Waals surface area contributed by atoms with E-state index in [1.165, 1.54) is 24.5 Å². The zero-order chi connectivity index (χ0) is 22.9. The van der Waals surface area contributed by atoms with E-state index in [9.17, 15) is 14.9 Å². The molecule has 0 aliphatic carbocycles. The highest BCUT2D eigenvalue weighted by Gasteiger charge is 2.10. The van der Waals surface area contributed by atoms with Crippen LogP contribution in [-0.2, 0) is 16.1 Å². The van der Waals surface area contributed by atoms with Crippen LogP contribution in [0.15, 0.2) is 76.9 Å². The predicted molar refractivity (Wildman–Crippen MR) is 122 cm³/mol. The fraction of sp³-hybridized carbons (Fsp3) is 0.0417. The van der Waals surface area contributed by atoms with Gasteiger partial charge in [-0.05, 0) is 59.7 Å². The van der Waals surface area contributed by atoms with Gasteiger partial charge in [-0.3, -0.25) is 4.79 Å². The third-order valence-electron chi connectivity index (χ3n) is 4.14. The number of ether oxygens (including phenoxy) is 1. The van der Waals surface area contributed by atoms with Crippen molar-refractivity contribution >= 4 is 47.2 Å². The number of esters is 1. The number of rotatable bonds is 7. The molecular weight excluding hydrogens is 451 g/mol. The molecule has 0 fully saturated rings. The van der Waals surface area contributed by atoms with Crippen LogP contribution >= 0.6 is 23.2 Å². The zero-order valence-electron chi connectivity index (χ0n) is 16.5. The topological polar surface area (TPSA) is 92.3 Å². The Balaban J connectivity index is 1.59. The van der Waals surface area contributed by atoms with Gasteiger partial charge in [0.15, 0.2) is 0 Å². The lowest BCUT2D eigenvalue weighted by Gasteiger charge is -2.04. The van der Waals surface area contributed by atoms with E-state index < -0.39 is 11.9 Å². The van der Waals surface area contributed by atoms with Gasteiger partial charge in [-0.15, -0.1) is 0 Å². The largest absolute Gasteiger partial charge is 0.467 e. The Morgan fingerprint density at radius 1 is 1.12 bits per heavy atom. The van der Waals surface area contributed by atoms with Crippen molar-refractivity contribution in [3.63, 3.8) is 0 Å². The van der Waals surface area contributed by atoms with Crippen molar-refractivity contribution in [2.45, 2.75) is 6.54 Å². The van der Waals surface area contributed by atoms with Crippen LogP contribution in [0.5, 0.6) is 5.75 Å². The number of hydrogen-bond acceptors (Lipinski definition) is 5. The molecule has 2 aromatic carbocycles. The first kappa shape index (κ1) is 22.9. The Bertz CT molecular complexity index is 1210. The molecule has 0 atom stereocenters. The lowest BCUT2D eigenvalue weighted by Crippen LogP contribution is -2.23. The smallest absolute Gasteiger partial charge is 0.336 e. The van der Waals surface area contributed by atoms with E-state index in [4.69, 9.17) is 32.4 Å². The van der Waals surface area contributed by atoms with E-state index in [2.05, 4.69) is 5.32 Å². The average Bonchev–Trinajstić information content (AvgIpc) is 3.30. The highest BCUT2D eigenvalue weighted by Crippen LogP contribution is 2.22. The lowest BCUT2D eigenvalue weighted by atomic mass is 10.1. The molecule has 0 saturated carbocycles. The van der Waals surface area contributed by atoms with Gasteiger partial charge >= 0.3 is 5.97 Å². The summed E-state index contributed by atoms with van der Waals surface area (Å²) in [4.78, 5) is 24.2. The quantitative estimate of drug-likeness (QED) is 0.217. The number of nitriles is 1. The monoisotopic (exact) mass is 466 g/mol. The third kappa shape index (κ3) is 6.61. The van der Waals surface area contributed by atoms with Crippen molar-refractivity contribution in [1.29, 1.82) is 5.26 Å². The Morgan fingerprint density at radius 2 is 1.91 bits per heavy atom. The van der Waals surface area contributed by atoms with E-state index in [0.717, 1.165) is 0 Å². The number of carbonyl (C=O) groups is 2. The summed E-state index contributed by atoms with van der Waals surface area (Å²) in [5, 5.41) is 12.8. The highest BCUT2D eigenvalue weighted by molar-refractivity contribution is 6.35. The van der Waals surface area contributed by atoms with Gasteiger partial charge in [0.05, 0.1) is 12.8 Å². The first-order valence-corrected chi connectivity index (χ1v) is 10.1. The molecule has 0 spiro atoms. The maximum absolute atomic E-state index is 12.2. The number of carbonyl (C=O) groups excluding carboxylic acids is 2. The lowest BCUT2D eigenvalue weighted by molar-refractivity contribution is -0.128. The molecule has 0 aliphatic rings. The van der Waals surface area contributed by atoms with Crippen LogP contribution in [-0.4, -0.2) is 11.9 Å². The van der Waals surface area contributed by atoms with Crippen LogP contribution in [0.25, 0.3) is 12.2 Å². The number of benzene rings is 2. The van der Waals surface area contributed by atoms with E-state index in [1.807, 2.05) is 6.07 Å². The fourth-order valence-corrected chi connectivity index (χ4v) is 3.04. The summed E-state index contributed by atoms with van der Waals surface area (Å²) in [6.45, 7) is 0.175. The summed E-state index contributed by atoms with van der Waals surface area (Å²) < 4.78 is 10.4. The summed E-state index contributed by atoms with van der Waals surface area (Å²) in [6.07, 6.45) is 5.71. The molecule has 0 unspecified atom stereocenters. The molecular formula is C24H16Cl2N2O4. The average molecular weight is 467 g/mol. The number of hydrogen-bond donors (Lipinski definition) is 1. The van der Waals surface area contributed by atoms with Crippen molar-refractivity contribution in [2.24, 2.45) is 0 Å². The molecule has 0 bridgehead atoms. The zero-order valence-corrected chi connectivity index (χ0v) is 18.1. The Morgan fingerprint density at radius 3 is 2.56 bits per heavy atom. The summed E-state index contributed by atoms with van der Waals surface area (Å²) in [6, 6.07) is 16.6. The second-order valence-corrected chi connectivity index (χ2v) is 7.26. The Kier molecular flexibility index (Phi) is 7.87. The summed E-state index contributed by atoms with van der Waals surface area (Å²) >= 11 is 11.9. The summed E-state index contributed by atoms with van der Waals surface area (Å²) in [5.41, 5.74) is 1.16. The van der Waals surface area contributed by atoms with Crippen molar-refractivity contribution in [2.75, 3.05) is 0 Å². The van der Waals surface area contributed by atoms with Gasteiger partial charge in [-0.2, -0.15) is 5.26 Å². The number of halogens is 2. The predicted octanol–water partition coefficient (Wildman–Crippen LogP) is 5.43. The molecule has 3 rings (SSSR count). The van der Waals surface area contributed by atoms with Gasteiger partial charge in [0.2, 0.25) is 0 Å². The van der Waals surface area contributed by atoms with Gasteiger partial charge in [0.25, 0.3) is 5.91 Å². The number of nitrogens with zero attached hydrogens (tertiary/aromatic N) is 1. The molecule has 0 saturated heterocycles. The van der Waals surface area contributed by atoms with Crippen LogP contribution in [0, 0.1) is 11.3 Å². The number of furan rings is 1. The molecule has 1 heterocycles. The van der Waals surface area contributed by atoms with Gasteiger partial charge in [-0.1, -0.05) is 41.4 Å². The van der Waals surface area contributed by atoms with Crippen molar-refractivity contribution in [3.05, 3.63) is 99.4 Å². The van der Waals surface area contributed by atoms with E-state index in [1.54, 1.807) is 54.6 Å². The van der Waals surface area contributed by atoms with Gasteiger partial charge in [0, 0.05) is 16.1 Å². The molecule has 3 aromatic rings. The van der Waals surface area contributed by atoms with Crippen molar-refractivity contribution in [1.82, 2.24) is 5.32 Å². The maximum atomic E-state index is 12.2. The molecule has 1 amide bonds. The minimum atomic E-state index is -0.589. The number of nitrogens with one attached hydrogen (secondary N) is 1. The molecule has 8 heteroatoms. The Hall–Kier alpha value is -3.79. The third-order valence-corrected chi connectivity index (χ3v) is 4.70. The first-order valence-electron chi connectivity index (χ1n) is 9.32. The standard InChI is InChI=1S/C24H16Cl2N2O4/c25-19-7-5-17(22(26)13-19)6-10-23(29)32-20-8-3-16(4-9-20)12-18(14-27)24(30)28-15-21-2-1-11-31-21/h1-13H,15H2,(H,28,30)/b10-6+,18-12+. The van der Waals surface area contributed by atoms with Crippen LogP contribution in [0.2, 0.25) is 10.0 Å². The van der Waals surface area contributed by atoms with E-state index in [0.29, 0.717) is 32.7 Å². The Labute approximate surface area is 194 Å². The van der Waals surface area contributed by atoms with Crippen LogP contribution in [0.4, 0.5) is 0 Å².